The summed E-state index contributed by atoms with van der Waals surface area (Å²) in [5, 5.41) is 6.29. The van der Waals surface area contributed by atoms with Gasteiger partial charge in [0, 0.05) is 41.1 Å². The maximum atomic E-state index is 13.0. The number of ether oxygens (including phenoxy) is 1. The number of rotatable bonds is 6. The highest BCUT2D eigenvalue weighted by atomic mass is 79.9. The van der Waals surface area contributed by atoms with E-state index in [1.165, 1.54) is 20.9 Å². The molecule has 13 heteroatoms. The summed E-state index contributed by atoms with van der Waals surface area (Å²) in [6, 6.07) is 4.44. The average molecular weight is 599 g/mol. The molecule has 2 aromatic rings. The van der Waals surface area contributed by atoms with Crippen LogP contribution < -0.4 is 15.3 Å². The molecule has 2 aliphatic heterocycles. The topological polar surface area (TPSA) is 61.8 Å². The number of anilines is 2. The number of halogens is 5. The van der Waals surface area contributed by atoms with Gasteiger partial charge >= 0.3 is 6.18 Å². The van der Waals surface area contributed by atoms with Crippen LogP contribution in [0.1, 0.15) is 25.7 Å². The van der Waals surface area contributed by atoms with E-state index in [-0.39, 0.29) is 16.9 Å². The minimum atomic E-state index is -4.36. The Morgan fingerprint density at radius 3 is 2.56 bits per heavy atom. The zero-order chi connectivity index (χ0) is 23.9. The van der Waals surface area contributed by atoms with Crippen molar-refractivity contribution in [1.82, 2.24) is 9.27 Å². The zero-order valence-corrected chi connectivity index (χ0v) is 22.1. The molecule has 5 rings (SSSR count). The van der Waals surface area contributed by atoms with Crippen LogP contribution in [0, 0.1) is 5.41 Å². The summed E-state index contributed by atoms with van der Waals surface area (Å²) >= 11 is 9.57. The molecule has 0 amide bonds. The van der Waals surface area contributed by atoms with Crippen LogP contribution in [-0.4, -0.2) is 60.4 Å². The van der Waals surface area contributed by atoms with Crippen LogP contribution in [0.2, 0.25) is 5.15 Å². The van der Waals surface area contributed by atoms with Crippen LogP contribution in [-0.2, 0) is 4.74 Å². The summed E-state index contributed by atoms with van der Waals surface area (Å²) in [5.41, 5.74) is 1.82. The van der Waals surface area contributed by atoms with Gasteiger partial charge in [0.2, 0.25) is 0 Å². The van der Waals surface area contributed by atoms with E-state index >= 15 is 0 Å². The minimum Gasteiger partial charge on any atom is -0.381 e. The SMILES string of the molecule is FC(F)(F)CNc1c(/N=c2/ssnc2Cl)ccc(NC2CCC(N3CC4(COC4)C3)CC2)c1Br. The van der Waals surface area contributed by atoms with Gasteiger partial charge in [-0.05, 0) is 64.1 Å². The van der Waals surface area contributed by atoms with E-state index in [4.69, 9.17) is 16.3 Å². The second-order valence-electron chi connectivity index (χ2n) is 9.29. The molecular weight excluding hydrogens is 575 g/mol. The molecule has 1 spiro atoms. The third-order valence-electron chi connectivity index (χ3n) is 6.68. The first-order valence-corrected chi connectivity index (χ1v) is 14.4. The van der Waals surface area contributed by atoms with E-state index in [9.17, 15) is 13.2 Å². The number of hydrogen-bond donors (Lipinski definition) is 2. The normalized spacial score (nSPS) is 25.1. The highest BCUT2D eigenvalue weighted by Gasteiger charge is 2.50. The molecule has 1 aromatic carbocycles. The van der Waals surface area contributed by atoms with Crippen LogP contribution in [0.25, 0.3) is 0 Å². The van der Waals surface area contributed by atoms with Gasteiger partial charge in [-0.3, -0.25) is 4.90 Å². The quantitative estimate of drug-likeness (QED) is 0.407. The first-order chi connectivity index (χ1) is 16.2. The molecule has 3 heterocycles. The van der Waals surface area contributed by atoms with Crippen molar-refractivity contribution in [2.75, 3.05) is 43.5 Å². The Morgan fingerprint density at radius 2 is 1.97 bits per heavy atom. The van der Waals surface area contributed by atoms with Crippen molar-refractivity contribution in [3.05, 3.63) is 26.4 Å². The Bertz CT molecular complexity index is 1090. The third kappa shape index (κ3) is 5.41. The molecule has 34 heavy (non-hydrogen) atoms. The van der Waals surface area contributed by atoms with Gasteiger partial charge in [-0.1, -0.05) is 11.6 Å². The predicted molar refractivity (Wildman–Crippen MR) is 133 cm³/mol. The first kappa shape index (κ1) is 24.8. The van der Waals surface area contributed by atoms with Gasteiger partial charge < -0.3 is 15.4 Å². The molecule has 2 N–H and O–H groups in total. The van der Waals surface area contributed by atoms with Crippen LogP contribution in [0.4, 0.5) is 30.2 Å². The Hall–Kier alpha value is -0.920. The number of aromatic nitrogens is 1. The van der Waals surface area contributed by atoms with E-state index in [0.717, 1.165) is 57.7 Å². The number of benzene rings is 1. The van der Waals surface area contributed by atoms with Crippen LogP contribution >= 0.6 is 48.4 Å². The van der Waals surface area contributed by atoms with Gasteiger partial charge in [-0.2, -0.15) is 17.5 Å². The largest absolute Gasteiger partial charge is 0.405 e. The lowest BCUT2D eigenvalue weighted by Crippen LogP contribution is -2.68. The molecule has 0 atom stereocenters. The van der Waals surface area contributed by atoms with Crippen molar-refractivity contribution < 1.29 is 17.9 Å². The van der Waals surface area contributed by atoms with Gasteiger partial charge in [0.15, 0.2) is 9.82 Å². The summed E-state index contributed by atoms with van der Waals surface area (Å²) in [6.45, 7) is 2.93. The van der Waals surface area contributed by atoms with E-state index < -0.39 is 12.7 Å². The second-order valence-corrected chi connectivity index (χ2v) is 12.3. The van der Waals surface area contributed by atoms with Crippen molar-refractivity contribution in [2.24, 2.45) is 10.4 Å². The van der Waals surface area contributed by atoms with Crippen molar-refractivity contribution in [1.29, 1.82) is 0 Å². The van der Waals surface area contributed by atoms with E-state index in [1.807, 2.05) is 6.07 Å². The number of nitrogens with zero attached hydrogens (tertiary/aromatic N) is 3. The zero-order valence-electron chi connectivity index (χ0n) is 18.1. The fraction of sp³-hybridized carbons (Fsp3) is 0.619. The number of likely N-dealkylation sites (tertiary alicyclic amines) is 1. The maximum absolute atomic E-state index is 13.0. The second kappa shape index (κ2) is 9.85. The van der Waals surface area contributed by atoms with Crippen LogP contribution in [0.15, 0.2) is 21.6 Å². The molecular formula is C21H24BrClF3N5OS2. The first-order valence-electron chi connectivity index (χ1n) is 11.1. The van der Waals surface area contributed by atoms with Gasteiger partial charge in [0.25, 0.3) is 0 Å². The minimum absolute atomic E-state index is 0.241. The monoisotopic (exact) mass is 597 g/mol. The summed E-state index contributed by atoms with van der Waals surface area (Å²) in [6.07, 6.45) is -0.0870. The molecule has 6 nitrogen and oxygen atoms in total. The van der Waals surface area contributed by atoms with Gasteiger partial charge in [0.1, 0.15) is 6.54 Å². The van der Waals surface area contributed by atoms with Crippen molar-refractivity contribution in [3.8, 4) is 0 Å². The number of nitrogens with one attached hydrogen (secondary N) is 2. The third-order valence-corrected chi connectivity index (χ3v) is 9.68. The molecule has 3 fully saturated rings. The standard InChI is InChI=1S/C21H24BrClF3N5OS2/c22-16-14(28-12-1-3-13(4-2-12)31-8-20(9-31)10-32-11-20)5-6-15(17(16)27-7-21(24,25)26)29-19-18(23)30-34-33-19/h5-6,12-13,27-28H,1-4,7-11H2/b29-19+. The Morgan fingerprint density at radius 1 is 1.24 bits per heavy atom. The molecule has 1 saturated carbocycles. The van der Waals surface area contributed by atoms with Gasteiger partial charge in [-0.15, -0.1) is 0 Å². The summed E-state index contributed by atoms with van der Waals surface area (Å²) in [5.74, 6) is 0. The van der Waals surface area contributed by atoms with E-state index in [2.05, 4.69) is 40.8 Å². The maximum Gasteiger partial charge on any atom is 0.405 e. The molecule has 2 saturated heterocycles. The summed E-state index contributed by atoms with van der Waals surface area (Å²) in [7, 11) is 2.45. The van der Waals surface area contributed by atoms with Gasteiger partial charge in [0.05, 0.1) is 34.7 Å². The average Bonchev–Trinajstić information content (AvgIpc) is 3.12. The highest BCUT2D eigenvalue weighted by molar-refractivity contribution is 9.10. The fourth-order valence-electron chi connectivity index (χ4n) is 4.91. The molecule has 0 radical (unpaired) electrons. The van der Waals surface area contributed by atoms with E-state index in [0.29, 0.717) is 26.3 Å². The lowest BCUT2D eigenvalue weighted by atomic mass is 9.75. The number of alkyl halides is 3. The lowest BCUT2D eigenvalue weighted by molar-refractivity contribution is -0.200. The van der Waals surface area contributed by atoms with Crippen LogP contribution in [0.3, 0.4) is 0 Å². The Labute approximate surface area is 216 Å². The van der Waals surface area contributed by atoms with Crippen molar-refractivity contribution in [3.63, 3.8) is 0 Å². The molecule has 1 aromatic heterocycles. The summed E-state index contributed by atoms with van der Waals surface area (Å²) < 4.78 is 49.3. The van der Waals surface area contributed by atoms with E-state index in [1.54, 1.807) is 6.07 Å². The molecule has 0 bridgehead atoms. The number of hydrogen-bond acceptors (Lipinski definition) is 8. The Balaban J connectivity index is 1.27. The highest BCUT2D eigenvalue weighted by Crippen LogP contribution is 2.43. The molecule has 0 unspecified atom stereocenters. The molecule has 3 aliphatic rings. The summed E-state index contributed by atoms with van der Waals surface area (Å²) in [4.78, 5) is 7.03. The Kier molecular flexibility index (Phi) is 7.18. The smallest absolute Gasteiger partial charge is 0.381 e. The lowest BCUT2D eigenvalue weighted by Gasteiger charge is -2.58. The van der Waals surface area contributed by atoms with Crippen molar-refractivity contribution >= 4 is 65.5 Å². The van der Waals surface area contributed by atoms with Crippen molar-refractivity contribution in [2.45, 2.75) is 43.9 Å². The molecule has 186 valence electrons. The predicted octanol–water partition coefficient (Wildman–Crippen LogP) is 5.88. The fourth-order valence-corrected chi connectivity index (χ4v) is 7.49. The van der Waals surface area contributed by atoms with Gasteiger partial charge in [-0.25, -0.2) is 4.99 Å². The molecule has 1 aliphatic carbocycles. The van der Waals surface area contributed by atoms with Crippen LogP contribution in [0.5, 0.6) is 0 Å².